The van der Waals surface area contributed by atoms with Crippen LogP contribution < -0.4 is 10.1 Å². The standard InChI is InChI=1S/C24H28F3NO2/c1-23(2,3)19-10-4-18(5-11-19)22(29)28-20-12-6-16(7-13-20)17-8-14-21(15-9-17)30-24(25,26)27/h6-9,12-15,18-19H,4-5,10-11H2,1-3H3,(H,28,29)/t18-,19+. The van der Waals surface area contributed by atoms with Crippen LogP contribution in [0, 0.1) is 17.3 Å². The summed E-state index contributed by atoms with van der Waals surface area (Å²) in [5.74, 6) is 0.512. The van der Waals surface area contributed by atoms with E-state index in [1.807, 2.05) is 24.3 Å². The van der Waals surface area contributed by atoms with Crippen molar-refractivity contribution in [1.82, 2.24) is 0 Å². The van der Waals surface area contributed by atoms with Crippen LogP contribution in [0.25, 0.3) is 11.1 Å². The highest BCUT2D eigenvalue weighted by atomic mass is 19.4. The number of ether oxygens (including phenoxy) is 1. The molecule has 1 N–H and O–H groups in total. The Morgan fingerprint density at radius 1 is 0.867 bits per heavy atom. The zero-order chi connectivity index (χ0) is 21.9. The predicted octanol–water partition coefficient (Wildman–Crippen LogP) is 7.04. The maximum Gasteiger partial charge on any atom is 0.573 e. The van der Waals surface area contributed by atoms with Crippen molar-refractivity contribution in [2.45, 2.75) is 52.8 Å². The fraction of sp³-hybridized carbons (Fsp3) is 0.458. The number of nitrogens with one attached hydrogen (secondary N) is 1. The highest BCUT2D eigenvalue weighted by Crippen LogP contribution is 2.40. The Bertz CT molecular complexity index is 844. The third-order valence-corrected chi connectivity index (χ3v) is 5.90. The Balaban J connectivity index is 1.56. The van der Waals surface area contributed by atoms with Crippen LogP contribution in [0.15, 0.2) is 48.5 Å². The summed E-state index contributed by atoms with van der Waals surface area (Å²) in [6, 6.07) is 13.0. The van der Waals surface area contributed by atoms with Crippen molar-refractivity contribution in [3.63, 3.8) is 0 Å². The van der Waals surface area contributed by atoms with Gasteiger partial charge < -0.3 is 10.1 Å². The molecule has 0 bridgehead atoms. The average Bonchev–Trinajstić information content (AvgIpc) is 2.67. The number of amides is 1. The first kappa shape index (κ1) is 22.2. The average molecular weight is 419 g/mol. The van der Waals surface area contributed by atoms with Crippen LogP contribution in [0.4, 0.5) is 18.9 Å². The highest BCUT2D eigenvalue weighted by molar-refractivity contribution is 5.92. The van der Waals surface area contributed by atoms with Gasteiger partial charge in [0.25, 0.3) is 0 Å². The normalized spacial score (nSPS) is 19.9. The van der Waals surface area contributed by atoms with E-state index >= 15 is 0 Å². The smallest absolute Gasteiger partial charge is 0.406 e. The molecule has 1 aliphatic carbocycles. The molecule has 0 aromatic heterocycles. The number of benzene rings is 2. The predicted molar refractivity (Wildman–Crippen MR) is 112 cm³/mol. The van der Waals surface area contributed by atoms with Gasteiger partial charge in [-0.25, -0.2) is 0 Å². The minimum atomic E-state index is -4.70. The van der Waals surface area contributed by atoms with E-state index in [0.717, 1.165) is 42.5 Å². The van der Waals surface area contributed by atoms with E-state index in [4.69, 9.17) is 0 Å². The van der Waals surface area contributed by atoms with Gasteiger partial charge in [0.15, 0.2) is 0 Å². The second kappa shape index (κ2) is 8.70. The molecular weight excluding hydrogens is 391 g/mol. The molecule has 3 nitrogen and oxygen atoms in total. The molecule has 3 rings (SSSR count). The summed E-state index contributed by atoms with van der Waals surface area (Å²) in [5.41, 5.74) is 2.62. The number of halogens is 3. The molecule has 0 aliphatic heterocycles. The third-order valence-electron chi connectivity index (χ3n) is 5.90. The zero-order valence-corrected chi connectivity index (χ0v) is 17.6. The molecule has 0 heterocycles. The summed E-state index contributed by atoms with van der Waals surface area (Å²) < 4.78 is 40.7. The molecule has 0 radical (unpaired) electrons. The van der Waals surface area contributed by atoms with Gasteiger partial charge in [0.1, 0.15) is 5.75 Å². The Labute approximate surface area is 175 Å². The fourth-order valence-corrected chi connectivity index (χ4v) is 4.06. The number of hydrogen-bond donors (Lipinski definition) is 1. The van der Waals surface area contributed by atoms with E-state index in [1.54, 1.807) is 12.1 Å². The van der Waals surface area contributed by atoms with Crippen LogP contribution in [0.1, 0.15) is 46.5 Å². The van der Waals surface area contributed by atoms with Crippen molar-refractivity contribution in [2.24, 2.45) is 17.3 Å². The molecule has 2 aromatic rings. The van der Waals surface area contributed by atoms with E-state index in [2.05, 4.69) is 30.8 Å². The lowest BCUT2D eigenvalue weighted by atomic mass is 9.69. The number of alkyl halides is 3. The summed E-state index contributed by atoms with van der Waals surface area (Å²) in [6.45, 7) is 6.78. The lowest BCUT2D eigenvalue weighted by Gasteiger charge is -2.36. The molecule has 0 atom stereocenters. The largest absolute Gasteiger partial charge is 0.573 e. The molecule has 30 heavy (non-hydrogen) atoms. The van der Waals surface area contributed by atoms with Gasteiger partial charge in [0.05, 0.1) is 0 Å². The minimum absolute atomic E-state index is 0.0458. The molecule has 0 unspecified atom stereocenters. The van der Waals surface area contributed by atoms with Crippen LogP contribution in [0.3, 0.4) is 0 Å². The van der Waals surface area contributed by atoms with Crippen molar-refractivity contribution in [1.29, 1.82) is 0 Å². The SMILES string of the molecule is CC(C)(C)[C@H]1CC[C@@H](C(=O)Nc2ccc(-c3ccc(OC(F)(F)F)cc3)cc2)CC1. The van der Waals surface area contributed by atoms with Crippen molar-refractivity contribution < 1.29 is 22.7 Å². The van der Waals surface area contributed by atoms with Crippen molar-refractivity contribution in [3.05, 3.63) is 48.5 Å². The molecule has 1 amide bonds. The molecule has 6 heteroatoms. The second-order valence-electron chi connectivity index (χ2n) is 9.05. The zero-order valence-electron chi connectivity index (χ0n) is 17.6. The van der Waals surface area contributed by atoms with E-state index < -0.39 is 6.36 Å². The second-order valence-corrected chi connectivity index (χ2v) is 9.05. The van der Waals surface area contributed by atoms with Gasteiger partial charge in [-0.15, -0.1) is 13.2 Å². The van der Waals surface area contributed by atoms with Crippen molar-refractivity contribution in [3.8, 4) is 16.9 Å². The molecule has 0 spiro atoms. The quantitative estimate of drug-likeness (QED) is 0.577. The summed E-state index contributed by atoms with van der Waals surface area (Å²) in [7, 11) is 0. The summed E-state index contributed by atoms with van der Waals surface area (Å²) in [5, 5.41) is 2.99. The van der Waals surface area contributed by atoms with Crippen LogP contribution in [0.2, 0.25) is 0 Å². The molecule has 162 valence electrons. The number of carbonyl (C=O) groups excluding carboxylic acids is 1. The topological polar surface area (TPSA) is 38.3 Å². The summed E-state index contributed by atoms with van der Waals surface area (Å²) in [4.78, 5) is 12.6. The van der Waals surface area contributed by atoms with Gasteiger partial charge in [-0.2, -0.15) is 0 Å². The first-order chi connectivity index (χ1) is 14.0. The summed E-state index contributed by atoms with van der Waals surface area (Å²) >= 11 is 0. The number of anilines is 1. The van der Waals surface area contributed by atoms with Gasteiger partial charge in [-0.1, -0.05) is 45.0 Å². The van der Waals surface area contributed by atoms with Crippen LogP contribution in [-0.2, 0) is 4.79 Å². The lowest BCUT2D eigenvalue weighted by molar-refractivity contribution is -0.274. The van der Waals surface area contributed by atoms with E-state index in [0.29, 0.717) is 5.92 Å². The molecule has 2 aromatic carbocycles. The molecule has 1 aliphatic rings. The van der Waals surface area contributed by atoms with Gasteiger partial charge in [-0.05, 0) is 72.4 Å². The minimum Gasteiger partial charge on any atom is -0.406 e. The van der Waals surface area contributed by atoms with E-state index in [-0.39, 0.29) is 23.0 Å². The Morgan fingerprint density at radius 3 is 1.83 bits per heavy atom. The van der Waals surface area contributed by atoms with Crippen LogP contribution in [-0.4, -0.2) is 12.3 Å². The third kappa shape index (κ3) is 6.00. The maximum atomic E-state index is 12.6. The number of carbonyl (C=O) groups is 1. The van der Waals surface area contributed by atoms with Crippen molar-refractivity contribution >= 4 is 11.6 Å². The monoisotopic (exact) mass is 419 g/mol. The van der Waals surface area contributed by atoms with Gasteiger partial charge in [-0.3, -0.25) is 4.79 Å². The number of rotatable bonds is 4. The summed E-state index contributed by atoms with van der Waals surface area (Å²) in [6.07, 6.45) is -0.715. The van der Waals surface area contributed by atoms with Gasteiger partial charge in [0, 0.05) is 11.6 Å². The Hall–Kier alpha value is -2.50. The van der Waals surface area contributed by atoms with E-state index in [1.165, 1.54) is 12.1 Å². The molecule has 0 saturated heterocycles. The molecule has 1 saturated carbocycles. The van der Waals surface area contributed by atoms with Crippen LogP contribution >= 0.6 is 0 Å². The first-order valence-electron chi connectivity index (χ1n) is 10.3. The molecule has 1 fully saturated rings. The van der Waals surface area contributed by atoms with Crippen molar-refractivity contribution in [2.75, 3.05) is 5.32 Å². The first-order valence-corrected chi connectivity index (χ1v) is 10.3. The Kier molecular flexibility index (Phi) is 6.44. The Morgan fingerprint density at radius 2 is 1.37 bits per heavy atom. The lowest BCUT2D eigenvalue weighted by Crippen LogP contribution is -2.31. The molecular formula is C24H28F3NO2. The van der Waals surface area contributed by atoms with Gasteiger partial charge >= 0.3 is 6.36 Å². The maximum absolute atomic E-state index is 12.6. The van der Waals surface area contributed by atoms with E-state index in [9.17, 15) is 18.0 Å². The highest BCUT2D eigenvalue weighted by Gasteiger charge is 2.32. The van der Waals surface area contributed by atoms with Crippen LogP contribution in [0.5, 0.6) is 5.75 Å². The van der Waals surface area contributed by atoms with Gasteiger partial charge in [0.2, 0.25) is 5.91 Å². The fourth-order valence-electron chi connectivity index (χ4n) is 4.06. The number of hydrogen-bond acceptors (Lipinski definition) is 2.